The van der Waals surface area contributed by atoms with Crippen LogP contribution in [0.25, 0.3) is 11.5 Å². The van der Waals surface area contributed by atoms with Gasteiger partial charge in [0.1, 0.15) is 0 Å². The molecule has 0 spiro atoms. The van der Waals surface area contributed by atoms with Gasteiger partial charge in [0, 0.05) is 30.7 Å². The minimum Gasteiger partial charge on any atom is -0.378 e. The Morgan fingerprint density at radius 2 is 2.15 bits per heavy atom. The van der Waals surface area contributed by atoms with E-state index in [1.54, 1.807) is 12.1 Å². The summed E-state index contributed by atoms with van der Waals surface area (Å²) in [7, 11) is 0. The molecule has 1 atom stereocenters. The quantitative estimate of drug-likeness (QED) is 0.628. The van der Waals surface area contributed by atoms with Gasteiger partial charge in [0.05, 0.1) is 11.0 Å². The molecule has 7 nitrogen and oxygen atoms in total. The Bertz CT molecular complexity index is 602. The molecule has 104 valence electrons. The summed E-state index contributed by atoms with van der Waals surface area (Å²) in [6.07, 6.45) is 2.88. The third-order valence-electron chi connectivity index (χ3n) is 3.23. The number of non-ortho nitro benzene ring substituents is 1. The van der Waals surface area contributed by atoms with Crippen molar-refractivity contribution in [3.8, 4) is 11.5 Å². The molecule has 2 aromatic rings. The number of benzene rings is 1. The fraction of sp³-hybridized carbons (Fsp3) is 0.385. The van der Waals surface area contributed by atoms with E-state index in [2.05, 4.69) is 10.1 Å². The van der Waals surface area contributed by atoms with Crippen molar-refractivity contribution in [2.24, 2.45) is 0 Å². The molecular formula is C13H13N3O4. The van der Waals surface area contributed by atoms with Crippen LogP contribution in [0.5, 0.6) is 0 Å². The summed E-state index contributed by atoms with van der Waals surface area (Å²) in [5, 5.41) is 14.5. The van der Waals surface area contributed by atoms with Gasteiger partial charge in [-0.15, -0.1) is 0 Å². The first-order valence-electron chi connectivity index (χ1n) is 6.41. The fourth-order valence-corrected chi connectivity index (χ4v) is 2.19. The number of hydrogen-bond acceptors (Lipinski definition) is 6. The summed E-state index contributed by atoms with van der Waals surface area (Å²) in [6, 6.07) is 6.03. The SMILES string of the molecule is O=[N+]([O-])c1ccc(-c2nc(C[C@H]3CCCO3)no2)cc1. The third-order valence-corrected chi connectivity index (χ3v) is 3.23. The highest BCUT2D eigenvalue weighted by Gasteiger charge is 2.19. The van der Waals surface area contributed by atoms with Crippen molar-refractivity contribution >= 4 is 5.69 Å². The summed E-state index contributed by atoms with van der Waals surface area (Å²) in [6.45, 7) is 0.789. The van der Waals surface area contributed by atoms with Crippen molar-refractivity contribution in [3.05, 3.63) is 40.2 Å². The number of hydrogen-bond donors (Lipinski definition) is 0. The summed E-state index contributed by atoms with van der Waals surface area (Å²) in [4.78, 5) is 14.4. The van der Waals surface area contributed by atoms with E-state index in [0.29, 0.717) is 23.7 Å². The Morgan fingerprint density at radius 3 is 2.80 bits per heavy atom. The molecule has 0 radical (unpaired) electrons. The maximum absolute atomic E-state index is 10.6. The van der Waals surface area contributed by atoms with E-state index in [1.807, 2.05) is 0 Å². The Morgan fingerprint density at radius 1 is 1.35 bits per heavy atom. The lowest BCUT2D eigenvalue weighted by atomic mass is 10.2. The molecule has 1 fully saturated rings. The van der Waals surface area contributed by atoms with E-state index in [1.165, 1.54) is 12.1 Å². The van der Waals surface area contributed by atoms with Gasteiger partial charge in [-0.1, -0.05) is 5.16 Å². The third kappa shape index (κ3) is 2.67. The lowest BCUT2D eigenvalue weighted by Crippen LogP contribution is -2.09. The highest BCUT2D eigenvalue weighted by molar-refractivity contribution is 5.55. The largest absolute Gasteiger partial charge is 0.378 e. The summed E-state index contributed by atoms with van der Waals surface area (Å²) in [5.74, 6) is 0.971. The molecule has 0 saturated carbocycles. The zero-order valence-corrected chi connectivity index (χ0v) is 10.7. The van der Waals surface area contributed by atoms with E-state index in [-0.39, 0.29) is 11.8 Å². The molecule has 3 rings (SSSR count). The van der Waals surface area contributed by atoms with Crippen LogP contribution in [0.2, 0.25) is 0 Å². The lowest BCUT2D eigenvalue weighted by molar-refractivity contribution is -0.384. The number of nitrogens with zero attached hydrogens (tertiary/aromatic N) is 3. The normalized spacial score (nSPS) is 18.3. The van der Waals surface area contributed by atoms with Crippen LogP contribution in [0, 0.1) is 10.1 Å². The van der Waals surface area contributed by atoms with Crippen LogP contribution in [0.15, 0.2) is 28.8 Å². The van der Waals surface area contributed by atoms with Crippen molar-refractivity contribution in [1.29, 1.82) is 0 Å². The maximum Gasteiger partial charge on any atom is 0.269 e. The Balaban J connectivity index is 1.73. The first-order valence-corrected chi connectivity index (χ1v) is 6.41. The second-order valence-corrected chi connectivity index (χ2v) is 4.66. The van der Waals surface area contributed by atoms with Crippen LogP contribution in [0.3, 0.4) is 0 Å². The van der Waals surface area contributed by atoms with E-state index < -0.39 is 4.92 Å². The summed E-state index contributed by atoms with van der Waals surface area (Å²) >= 11 is 0. The zero-order valence-electron chi connectivity index (χ0n) is 10.7. The maximum atomic E-state index is 10.6. The predicted octanol–water partition coefficient (Wildman–Crippen LogP) is 2.37. The van der Waals surface area contributed by atoms with Gasteiger partial charge < -0.3 is 9.26 Å². The van der Waals surface area contributed by atoms with Crippen molar-refractivity contribution < 1.29 is 14.2 Å². The topological polar surface area (TPSA) is 91.3 Å². The molecule has 1 aliphatic rings. The van der Waals surface area contributed by atoms with Crippen LogP contribution in [0.4, 0.5) is 5.69 Å². The van der Waals surface area contributed by atoms with Crippen LogP contribution in [0.1, 0.15) is 18.7 Å². The van der Waals surface area contributed by atoms with Gasteiger partial charge in [-0.25, -0.2) is 0 Å². The molecule has 1 aliphatic heterocycles. The standard InChI is InChI=1S/C13H13N3O4/c17-16(18)10-5-3-9(4-6-10)13-14-12(15-20-13)8-11-2-1-7-19-11/h3-6,11H,1-2,7-8H2/t11-/m1/s1. The summed E-state index contributed by atoms with van der Waals surface area (Å²) in [5.41, 5.74) is 0.703. The molecule has 7 heteroatoms. The molecule has 1 aromatic heterocycles. The molecule has 20 heavy (non-hydrogen) atoms. The van der Waals surface area contributed by atoms with Crippen molar-refractivity contribution in [1.82, 2.24) is 10.1 Å². The monoisotopic (exact) mass is 275 g/mol. The molecule has 0 N–H and O–H groups in total. The first kappa shape index (κ1) is 12.7. The van der Waals surface area contributed by atoms with Gasteiger partial charge in [0.25, 0.3) is 11.6 Å². The Labute approximate surface area is 114 Å². The smallest absolute Gasteiger partial charge is 0.269 e. The van der Waals surface area contributed by atoms with Gasteiger partial charge >= 0.3 is 0 Å². The van der Waals surface area contributed by atoms with Crippen molar-refractivity contribution in [2.75, 3.05) is 6.61 Å². The van der Waals surface area contributed by atoms with Crippen molar-refractivity contribution in [2.45, 2.75) is 25.4 Å². The highest BCUT2D eigenvalue weighted by atomic mass is 16.6. The van der Waals surface area contributed by atoms with Gasteiger partial charge in [0.2, 0.25) is 0 Å². The van der Waals surface area contributed by atoms with E-state index in [0.717, 1.165) is 19.4 Å². The first-order chi connectivity index (χ1) is 9.72. The van der Waals surface area contributed by atoms with Crippen molar-refractivity contribution in [3.63, 3.8) is 0 Å². The number of rotatable bonds is 4. The zero-order chi connectivity index (χ0) is 13.9. The number of aromatic nitrogens is 2. The molecule has 0 unspecified atom stereocenters. The fourth-order valence-electron chi connectivity index (χ4n) is 2.19. The lowest BCUT2D eigenvalue weighted by Gasteiger charge is -2.03. The molecule has 2 heterocycles. The van der Waals surface area contributed by atoms with Crippen LogP contribution in [-0.4, -0.2) is 27.8 Å². The van der Waals surface area contributed by atoms with Gasteiger partial charge in [0.15, 0.2) is 5.82 Å². The average molecular weight is 275 g/mol. The van der Waals surface area contributed by atoms with Crippen LogP contribution < -0.4 is 0 Å². The van der Waals surface area contributed by atoms with E-state index in [4.69, 9.17) is 9.26 Å². The van der Waals surface area contributed by atoms with Gasteiger partial charge in [-0.3, -0.25) is 10.1 Å². The summed E-state index contributed by atoms with van der Waals surface area (Å²) < 4.78 is 10.7. The van der Waals surface area contributed by atoms with Gasteiger partial charge in [-0.2, -0.15) is 4.98 Å². The predicted molar refractivity (Wildman–Crippen MR) is 69.1 cm³/mol. The number of nitro groups is 1. The Kier molecular flexibility index (Phi) is 3.42. The second-order valence-electron chi connectivity index (χ2n) is 4.66. The molecular weight excluding hydrogens is 262 g/mol. The van der Waals surface area contributed by atoms with Crippen LogP contribution in [-0.2, 0) is 11.2 Å². The Hall–Kier alpha value is -2.28. The van der Waals surface area contributed by atoms with E-state index in [9.17, 15) is 10.1 Å². The molecule has 1 aromatic carbocycles. The number of ether oxygens (including phenoxy) is 1. The number of nitro benzene ring substituents is 1. The molecule has 0 bridgehead atoms. The minimum absolute atomic E-state index is 0.0350. The second kappa shape index (κ2) is 5.38. The highest BCUT2D eigenvalue weighted by Crippen LogP contribution is 2.22. The van der Waals surface area contributed by atoms with Crippen LogP contribution >= 0.6 is 0 Å². The minimum atomic E-state index is -0.444. The molecule has 0 amide bonds. The molecule has 0 aliphatic carbocycles. The molecule has 1 saturated heterocycles. The average Bonchev–Trinajstić information content (AvgIpc) is 3.11. The van der Waals surface area contributed by atoms with Gasteiger partial charge in [-0.05, 0) is 25.0 Å². The van der Waals surface area contributed by atoms with E-state index >= 15 is 0 Å².